The Labute approximate surface area is 198 Å². The largest absolute Gasteiger partial charge is 0.480 e. The number of aliphatic carboxylic acids is 1. The van der Waals surface area contributed by atoms with E-state index in [0.29, 0.717) is 0 Å². The molecule has 0 aliphatic carbocycles. The number of carboxylic acids is 1. The third kappa shape index (κ3) is 5.41. The average molecular weight is 455 g/mol. The standard InChI is InChI=1S/C28H26N2O4/c31-25(17-16-20-10-4-1-5-11-20)29-23-18-24(28(33)34)30(19-23)27(32)26(21-12-6-2-7-13-21)22-14-8-3-9-15-22/h1-17,23-24,26H,18-19H2,(H,29,31)(H,33,34)/b17-16+/t23-,24-/m0/s1. The van der Waals surface area contributed by atoms with Crippen LogP contribution in [0.25, 0.3) is 6.08 Å². The lowest BCUT2D eigenvalue weighted by Gasteiger charge is -2.27. The van der Waals surface area contributed by atoms with E-state index in [1.165, 1.54) is 11.0 Å². The van der Waals surface area contributed by atoms with Gasteiger partial charge in [0.2, 0.25) is 11.8 Å². The minimum absolute atomic E-state index is 0.136. The van der Waals surface area contributed by atoms with Gasteiger partial charge in [0.05, 0.1) is 5.92 Å². The van der Waals surface area contributed by atoms with E-state index in [9.17, 15) is 19.5 Å². The lowest BCUT2D eigenvalue weighted by atomic mass is 9.90. The number of rotatable bonds is 7. The van der Waals surface area contributed by atoms with Crippen molar-refractivity contribution in [1.29, 1.82) is 0 Å². The molecule has 0 spiro atoms. The summed E-state index contributed by atoms with van der Waals surface area (Å²) < 4.78 is 0. The van der Waals surface area contributed by atoms with Gasteiger partial charge in [0.25, 0.3) is 0 Å². The van der Waals surface area contributed by atoms with Crippen LogP contribution in [0.1, 0.15) is 29.0 Å². The van der Waals surface area contributed by atoms with Crippen LogP contribution in [-0.2, 0) is 14.4 Å². The number of benzene rings is 3. The summed E-state index contributed by atoms with van der Waals surface area (Å²) in [6, 6.07) is 26.6. The molecular weight excluding hydrogens is 428 g/mol. The second-order valence-electron chi connectivity index (χ2n) is 8.28. The van der Waals surface area contributed by atoms with E-state index in [-0.39, 0.29) is 24.8 Å². The van der Waals surface area contributed by atoms with E-state index in [2.05, 4.69) is 5.32 Å². The highest BCUT2D eigenvalue weighted by atomic mass is 16.4. The van der Waals surface area contributed by atoms with Gasteiger partial charge in [-0.15, -0.1) is 0 Å². The summed E-state index contributed by atoms with van der Waals surface area (Å²) in [6.07, 6.45) is 3.28. The molecule has 0 aromatic heterocycles. The quantitative estimate of drug-likeness (QED) is 0.533. The summed E-state index contributed by atoms with van der Waals surface area (Å²) in [5.74, 6) is -2.32. The highest BCUT2D eigenvalue weighted by molar-refractivity contribution is 5.93. The normalized spacial score (nSPS) is 17.7. The molecule has 1 fully saturated rings. The van der Waals surface area contributed by atoms with Crippen LogP contribution in [0.4, 0.5) is 0 Å². The Hall–Kier alpha value is -4.19. The molecule has 1 saturated heterocycles. The van der Waals surface area contributed by atoms with Crippen LogP contribution in [0, 0.1) is 0 Å². The molecule has 2 amide bonds. The summed E-state index contributed by atoms with van der Waals surface area (Å²) in [6.45, 7) is 0.136. The molecule has 4 rings (SSSR count). The molecule has 6 nitrogen and oxygen atoms in total. The first-order valence-electron chi connectivity index (χ1n) is 11.2. The van der Waals surface area contributed by atoms with Crippen LogP contribution in [0.3, 0.4) is 0 Å². The maximum Gasteiger partial charge on any atom is 0.326 e. The topological polar surface area (TPSA) is 86.7 Å². The van der Waals surface area contributed by atoms with Crippen molar-refractivity contribution in [3.63, 3.8) is 0 Å². The molecule has 6 heteroatoms. The van der Waals surface area contributed by atoms with Gasteiger partial charge < -0.3 is 15.3 Å². The summed E-state index contributed by atoms with van der Waals surface area (Å²) in [5, 5.41) is 12.7. The minimum Gasteiger partial charge on any atom is -0.480 e. The molecule has 3 aromatic carbocycles. The lowest BCUT2D eigenvalue weighted by Crippen LogP contribution is -2.44. The van der Waals surface area contributed by atoms with Crippen molar-refractivity contribution in [2.45, 2.75) is 24.4 Å². The Bertz CT molecular complexity index is 1120. The summed E-state index contributed by atoms with van der Waals surface area (Å²) >= 11 is 0. The van der Waals surface area contributed by atoms with Crippen molar-refractivity contribution >= 4 is 23.9 Å². The molecule has 1 heterocycles. The van der Waals surface area contributed by atoms with Crippen LogP contribution >= 0.6 is 0 Å². The van der Waals surface area contributed by atoms with Crippen molar-refractivity contribution in [3.05, 3.63) is 114 Å². The maximum atomic E-state index is 13.7. The Morgan fingerprint density at radius 1 is 0.853 bits per heavy atom. The molecule has 1 aliphatic heterocycles. The smallest absolute Gasteiger partial charge is 0.326 e. The number of nitrogens with one attached hydrogen (secondary N) is 1. The van der Waals surface area contributed by atoms with Crippen molar-refractivity contribution in [2.24, 2.45) is 0 Å². The summed E-state index contributed by atoms with van der Waals surface area (Å²) in [5.41, 5.74) is 2.47. The van der Waals surface area contributed by atoms with Gasteiger partial charge in [0.15, 0.2) is 0 Å². The highest BCUT2D eigenvalue weighted by Crippen LogP contribution is 2.30. The number of nitrogens with zero attached hydrogens (tertiary/aromatic N) is 1. The maximum absolute atomic E-state index is 13.7. The SMILES string of the molecule is O=C(/C=C/c1ccccc1)N[C@H]1C[C@@H](C(=O)O)N(C(=O)C(c2ccccc2)c2ccccc2)C1. The number of amides is 2. The number of likely N-dealkylation sites (tertiary alicyclic amines) is 1. The first-order chi connectivity index (χ1) is 16.5. The van der Waals surface area contributed by atoms with Crippen molar-refractivity contribution in [3.8, 4) is 0 Å². The average Bonchev–Trinajstić information content (AvgIpc) is 3.29. The monoisotopic (exact) mass is 454 g/mol. The minimum atomic E-state index is -1.08. The summed E-state index contributed by atoms with van der Waals surface area (Å²) in [4.78, 5) is 39.6. The molecule has 1 aliphatic rings. The fourth-order valence-corrected chi connectivity index (χ4v) is 4.34. The molecule has 2 atom stereocenters. The number of carboxylic acid groups (broad SMARTS) is 1. The number of carbonyl (C=O) groups excluding carboxylic acids is 2. The molecule has 3 aromatic rings. The highest BCUT2D eigenvalue weighted by Gasteiger charge is 2.42. The fraction of sp³-hybridized carbons (Fsp3) is 0.179. The molecule has 0 unspecified atom stereocenters. The van der Waals surface area contributed by atoms with Gasteiger partial charge in [-0.25, -0.2) is 4.79 Å². The first-order valence-corrected chi connectivity index (χ1v) is 11.2. The van der Waals surface area contributed by atoms with E-state index < -0.39 is 24.0 Å². The molecule has 0 saturated carbocycles. The predicted molar refractivity (Wildman–Crippen MR) is 130 cm³/mol. The van der Waals surface area contributed by atoms with Crippen LogP contribution in [0.2, 0.25) is 0 Å². The van der Waals surface area contributed by atoms with E-state index in [1.807, 2.05) is 91.0 Å². The zero-order valence-electron chi connectivity index (χ0n) is 18.6. The van der Waals surface area contributed by atoms with Crippen LogP contribution in [0.5, 0.6) is 0 Å². The van der Waals surface area contributed by atoms with Crippen molar-refractivity contribution < 1.29 is 19.5 Å². The van der Waals surface area contributed by atoms with Crippen molar-refractivity contribution in [1.82, 2.24) is 10.2 Å². The molecular formula is C28H26N2O4. The lowest BCUT2D eigenvalue weighted by molar-refractivity contribution is -0.148. The zero-order valence-corrected chi connectivity index (χ0v) is 18.6. The fourth-order valence-electron chi connectivity index (χ4n) is 4.34. The number of hydrogen-bond donors (Lipinski definition) is 2. The first kappa shape index (κ1) is 23.0. The van der Waals surface area contributed by atoms with Crippen molar-refractivity contribution in [2.75, 3.05) is 6.54 Å². The van der Waals surface area contributed by atoms with Gasteiger partial charge in [-0.05, 0) is 22.8 Å². The van der Waals surface area contributed by atoms with Crippen LogP contribution in [-0.4, -0.2) is 46.4 Å². The Morgan fingerprint density at radius 3 is 1.91 bits per heavy atom. The van der Waals surface area contributed by atoms with Crippen LogP contribution < -0.4 is 5.32 Å². The van der Waals surface area contributed by atoms with Gasteiger partial charge >= 0.3 is 5.97 Å². The van der Waals surface area contributed by atoms with E-state index in [4.69, 9.17) is 0 Å². The molecule has 172 valence electrons. The number of carbonyl (C=O) groups is 3. The Balaban J connectivity index is 1.53. The molecule has 0 bridgehead atoms. The second-order valence-corrected chi connectivity index (χ2v) is 8.28. The molecule has 2 N–H and O–H groups in total. The van der Waals surface area contributed by atoms with Gasteiger partial charge in [-0.3, -0.25) is 9.59 Å². The number of hydrogen-bond acceptors (Lipinski definition) is 3. The van der Waals surface area contributed by atoms with E-state index in [0.717, 1.165) is 16.7 Å². The van der Waals surface area contributed by atoms with Gasteiger partial charge in [0.1, 0.15) is 6.04 Å². The van der Waals surface area contributed by atoms with Gasteiger partial charge in [-0.1, -0.05) is 91.0 Å². The van der Waals surface area contributed by atoms with Gasteiger partial charge in [0, 0.05) is 25.1 Å². The third-order valence-corrected chi connectivity index (χ3v) is 5.96. The van der Waals surface area contributed by atoms with E-state index >= 15 is 0 Å². The second kappa shape index (κ2) is 10.6. The van der Waals surface area contributed by atoms with Crippen LogP contribution in [0.15, 0.2) is 97.1 Å². The molecule has 0 radical (unpaired) electrons. The molecule has 34 heavy (non-hydrogen) atoms. The summed E-state index contributed by atoms with van der Waals surface area (Å²) in [7, 11) is 0. The van der Waals surface area contributed by atoms with E-state index in [1.54, 1.807) is 6.08 Å². The zero-order chi connectivity index (χ0) is 23.9. The Kier molecular flexibility index (Phi) is 7.18. The van der Waals surface area contributed by atoms with Gasteiger partial charge in [-0.2, -0.15) is 0 Å². The predicted octanol–water partition coefficient (Wildman–Crippen LogP) is 3.70. The Morgan fingerprint density at radius 2 is 1.38 bits per heavy atom. The third-order valence-electron chi connectivity index (χ3n) is 5.96.